The zero-order valence-corrected chi connectivity index (χ0v) is 13.2. The molecule has 0 aliphatic rings. The summed E-state index contributed by atoms with van der Waals surface area (Å²) in [5.74, 6) is 0.567. The maximum absolute atomic E-state index is 13.0. The van der Waals surface area contributed by atoms with Crippen molar-refractivity contribution in [3.63, 3.8) is 0 Å². The quantitative estimate of drug-likeness (QED) is 0.754. The summed E-state index contributed by atoms with van der Waals surface area (Å²) < 4.78 is 39.1. The van der Waals surface area contributed by atoms with E-state index in [1.54, 1.807) is 6.07 Å². The minimum Gasteiger partial charge on any atom is -0.389 e. The van der Waals surface area contributed by atoms with Crippen LogP contribution in [0, 0.1) is 5.92 Å². The Morgan fingerprint density at radius 3 is 2.33 bits per heavy atom. The van der Waals surface area contributed by atoms with E-state index in [-0.39, 0.29) is 16.6 Å². The molecule has 0 radical (unpaired) electrons. The van der Waals surface area contributed by atoms with Crippen LogP contribution in [0.1, 0.15) is 44.7 Å². The third kappa shape index (κ3) is 5.53. The highest BCUT2D eigenvalue weighted by Crippen LogP contribution is 2.34. The van der Waals surface area contributed by atoms with Crippen molar-refractivity contribution >= 4 is 22.9 Å². The molecule has 1 unspecified atom stereocenters. The minimum atomic E-state index is -4.47. The zero-order valence-electron chi connectivity index (χ0n) is 12.4. The molecule has 0 bridgehead atoms. The number of nitrogens with one attached hydrogen (secondary N) is 1. The second-order valence-corrected chi connectivity index (χ2v) is 6.08. The van der Waals surface area contributed by atoms with Gasteiger partial charge in [-0.15, -0.1) is 0 Å². The molecular formula is C15H21F3N2S. The van der Waals surface area contributed by atoms with Gasteiger partial charge >= 0.3 is 6.18 Å². The first-order valence-electron chi connectivity index (χ1n) is 6.89. The van der Waals surface area contributed by atoms with E-state index in [4.69, 9.17) is 5.73 Å². The van der Waals surface area contributed by atoms with Gasteiger partial charge in [0.15, 0.2) is 0 Å². The lowest BCUT2D eigenvalue weighted by molar-refractivity contribution is -0.137. The second-order valence-electron chi connectivity index (χ2n) is 5.64. The van der Waals surface area contributed by atoms with Gasteiger partial charge in [0.05, 0.1) is 5.56 Å². The van der Waals surface area contributed by atoms with Crippen LogP contribution in [0.4, 0.5) is 18.9 Å². The van der Waals surface area contributed by atoms with E-state index in [9.17, 15) is 13.2 Å². The molecule has 0 aromatic heterocycles. The van der Waals surface area contributed by atoms with E-state index in [1.807, 2.05) is 6.92 Å². The van der Waals surface area contributed by atoms with E-state index >= 15 is 0 Å². The summed E-state index contributed by atoms with van der Waals surface area (Å²) in [5.41, 5.74) is 4.85. The predicted octanol–water partition coefficient (Wildman–Crippen LogP) is 4.58. The topological polar surface area (TPSA) is 38.0 Å². The number of rotatable bonds is 6. The maximum atomic E-state index is 13.0. The van der Waals surface area contributed by atoms with Crippen LogP contribution < -0.4 is 11.1 Å². The Bertz CT molecular complexity index is 498. The Morgan fingerprint density at radius 2 is 1.86 bits per heavy atom. The molecule has 0 fully saturated rings. The molecule has 3 N–H and O–H groups in total. The average Bonchev–Trinajstić information content (AvgIpc) is 2.35. The Kier molecular flexibility index (Phi) is 6.01. The number of halogens is 3. The van der Waals surface area contributed by atoms with Gasteiger partial charge in [-0.05, 0) is 43.9 Å². The van der Waals surface area contributed by atoms with Crippen LogP contribution in [0.5, 0.6) is 0 Å². The molecule has 2 nitrogen and oxygen atoms in total. The third-order valence-electron chi connectivity index (χ3n) is 3.18. The molecule has 1 atom stereocenters. The van der Waals surface area contributed by atoms with Gasteiger partial charge in [0, 0.05) is 17.3 Å². The van der Waals surface area contributed by atoms with E-state index in [0.29, 0.717) is 11.6 Å². The molecule has 0 spiro atoms. The van der Waals surface area contributed by atoms with Gasteiger partial charge < -0.3 is 11.1 Å². The van der Waals surface area contributed by atoms with Crippen molar-refractivity contribution in [1.29, 1.82) is 0 Å². The van der Waals surface area contributed by atoms with Crippen molar-refractivity contribution in [1.82, 2.24) is 0 Å². The number of thiocarbonyl (C=S) groups is 1. The molecule has 0 aliphatic carbocycles. The van der Waals surface area contributed by atoms with Crippen LogP contribution in [-0.4, -0.2) is 11.0 Å². The van der Waals surface area contributed by atoms with Crippen molar-refractivity contribution in [3.8, 4) is 0 Å². The van der Waals surface area contributed by atoms with Gasteiger partial charge in [0.1, 0.15) is 4.99 Å². The van der Waals surface area contributed by atoms with Crippen LogP contribution in [0.15, 0.2) is 18.2 Å². The van der Waals surface area contributed by atoms with Crippen LogP contribution in [0.3, 0.4) is 0 Å². The van der Waals surface area contributed by atoms with Crippen LogP contribution in [0.25, 0.3) is 0 Å². The van der Waals surface area contributed by atoms with Crippen molar-refractivity contribution in [2.24, 2.45) is 11.7 Å². The molecular weight excluding hydrogens is 297 g/mol. The Morgan fingerprint density at radius 1 is 1.24 bits per heavy atom. The number of nitrogens with two attached hydrogens (primary N) is 1. The van der Waals surface area contributed by atoms with Crippen molar-refractivity contribution in [2.75, 3.05) is 5.32 Å². The fourth-order valence-electron chi connectivity index (χ4n) is 2.02. The molecule has 118 valence electrons. The summed E-state index contributed by atoms with van der Waals surface area (Å²) in [4.78, 5) is -0.248. The summed E-state index contributed by atoms with van der Waals surface area (Å²) in [7, 11) is 0. The molecule has 0 saturated carbocycles. The van der Waals surface area contributed by atoms with E-state index in [1.165, 1.54) is 6.07 Å². The molecule has 1 aromatic rings. The molecule has 0 heterocycles. The average molecular weight is 318 g/mol. The molecule has 0 aliphatic heterocycles. The molecule has 1 aromatic carbocycles. The maximum Gasteiger partial charge on any atom is 0.417 e. The zero-order chi connectivity index (χ0) is 16.2. The molecule has 6 heteroatoms. The molecule has 1 rings (SSSR count). The molecule has 21 heavy (non-hydrogen) atoms. The normalized spacial score (nSPS) is 13.3. The fraction of sp³-hybridized carbons (Fsp3) is 0.533. The summed E-state index contributed by atoms with van der Waals surface area (Å²) in [6, 6.07) is 4.07. The number of hydrogen-bond acceptors (Lipinski definition) is 2. The van der Waals surface area contributed by atoms with E-state index in [2.05, 4.69) is 31.4 Å². The van der Waals surface area contributed by atoms with E-state index in [0.717, 1.165) is 18.9 Å². The lowest BCUT2D eigenvalue weighted by Crippen LogP contribution is -2.20. The summed E-state index contributed by atoms with van der Waals surface area (Å²) in [6.45, 7) is 6.19. The predicted molar refractivity (Wildman–Crippen MR) is 84.5 cm³/mol. The van der Waals surface area contributed by atoms with Crippen LogP contribution >= 0.6 is 12.2 Å². The largest absolute Gasteiger partial charge is 0.417 e. The van der Waals surface area contributed by atoms with Crippen molar-refractivity contribution in [2.45, 2.75) is 45.8 Å². The van der Waals surface area contributed by atoms with Crippen LogP contribution in [-0.2, 0) is 6.18 Å². The first kappa shape index (κ1) is 17.8. The highest BCUT2D eigenvalue weighted by atomic mass is 32.1. The standard InChI is InChI=1S/C15H21F3N2S/c1-9(2)4-5-10(3)20-11-6-7-12(14(19)21)13(8-11)15(16,17)18/h6-10,20H,4-5H2,1-3H3,(H2,19,21). The monoisotopic (exact) mass is 318 g/mol. The number of benzene rings is 1. The SMILES string of the molecule is CC(C)CCC(C)Nc1ccc(C(N)=S)c(C(F)(F)F)c1. The highest BCUT2D eigenvalue weighted by Gasteiger charge is 2.34. The number of hydrogen-bond donors (Lipinski definition) is 2. The first-order valence-corrected chi connectivity index (χ1v) is 7.29. The highest BCUT2D eigenvalue weighted by molar-refractivity contribution is 7.80. The number of alkyl halides is 3. The lowest BCUT2D eigenvalue weighted by atomic mass is 10.0. The van der Waals surface area contributed by atoms with E-state index < -0.39 is 11.7 Å². The van der Waals surface area contributed by atoms with Gasteiger partial charge in [-0.1, -0.05) is 26.1 Å². The summed E-state index contributed by atoms with van der Waals surface area (Å²) in [6.07, 6.45) is -2.56. The summed E-state index contributed by atoms with van der Waals surface area (Å²) >= 11 is 4.68. The van der Waals surface area contributed by atoms with Crippen molar-refractivity contribution < 1.29 is 13.2 Å². The summed E-state index contributed by atoms with van der Waals surface area (Å²) in [5, 5.41) is 3.09. The van der Waals surface area contributed by atoms with Gasteiger partial charge in [0.25, 0.3) is 0 Å². The van der Waals surface area contributed by atoms with Gasteiger partial charge in [0.2, 0.25) is 0 Å². The Hall–Kier alpha value is -1.30. The van der Waals surface area contributed by atoms with Crippen LogP contribution in [0.2, 0.25) is 0 Å². The third-order valence-corrected chi connectivity index (χ3v) is 3.40. The van der Waals surface area contributed by atoms with Gasteiger partial charge in [-0.3, -0.25) is 0 Å². The van der Waals surface area contributed by atoms with Crippen molar-refractivity contribution in [3.05, 3.63) is 29.3 Å². The Labute approximate surface area is 128 Å². The van der Waals surface area contributed by atoms with Gasteiger partial charge in [-0.25, -0.2) is 0 Å². The fourth-order valence-corrected chi connectivity index (χ4v) is 2.20. The molecule has 0 saturated heterocycles. The lowest BCUT2D eigenvalue weighted by Gasteiger charge is -2.19. The minimum absolute atomic E-state index is 0.101. The smallest absolute Gasteiger partial charge is 0.389 e. The second kappa shape index (κ2) is 7.11. The first-order chi connectivity index (χ1) is 9.61. The van der Waals surface area contributed by atoms with Gasteiger partial charge in [-0.2, -0.15) is 13.2 Å². The number of anilines is 1. The Balaban J connectivity index is 2.93. The molecule has 0 amide bonds.